The van der Waals surface area contributed by atoms with Gasteiger partial charge in [0.2, 0.25) is 5.76 Å². The van der Waals surface area contributed by atoms with Crippen LogP contribution in [0.25, 0.3) is 0 Å². The minimum atomic E-state index is -5.34. The Bertz CT molecular complexity index is 494. The normalized spacial score (nSPS) is 13.7. The molecule has 0 radical (unpaired) electrons. The zero-order chi connectivity index (χ0) is 17.4. The molecule has 0 unspecified atom stereocenters. The first-order valence-corrected chi connectivity index (χ1v) is 8.78. The Kier molecular flexibility index (Phi) is 8.50. The van der Waals surface area contributed by atoms with E-state index in [4.69, 9.17) is 5.11 Å². The predicted molar refractivity (Wildman–Crippen MR) is 74.9 cm³/mol. The first kappa shape index (κ1) is 20.8. The Morgan fingerprint density at radius 2 is 1.59 bits per heavy atom. The molecule has 0 fully saturated rings. The summed E-state index contributed by atoms with van der Waals surface area (Å²) in [6, 6.07) is 0. The molecule has 0 aromatic rings. The van der Waals surface area contributed by atoms with Crippen LogP contribution in [0.4, 0.5) is 13.2 Å². The maximum absolute atomic E-state index is 12.4. The van der Waals surface area contributed by atoms with Crippen molar-refractivity contribution >= 4 is 15.8 Å². The topological polar surface area (TPSA) is 80.7 Å². The second-order valence-corrected chi connectivity index (χ2v) is 6.80. The lowest BCUT2D eigenvalue weighted by molar-refractivity contribution is -0.142. The number of esters is 1. The highest BCUT2D eigenvalue weighted by Gasteiger charge is 2.42. The van der Waals surface area contributed by atoms with Gasteiger partial charge >= 0.3 is 12.1 Å². The van der Waals surface area contributed by atoms with Crippen LogP contribution in [0.3, 0.4) is 0 Å². The fourth-order valence-corrected chi connectivity index (χ4v) is 2.49. The lowest BCUT2D eigenvalue weighted by atomic mass is 10.1. The van der Waals surface area contributed by atoms with Crippen molar-refractivity contribution in [2.75, 3.05) is 12.9 Å². The summed E-state index contributed by atoms with van der Waals surface area (Å²) in [6.07, 6.45) is 0.236. The van der Waals surface area contributed by atoms with Crippen LogP contribution in [-0.2, 0) is 19.4 Å². The van der Waals surface area contributed by atoms with Crippen LogP contribution in [0.1, 0.15) is 45.4 Å². The molecule has 1 N–H and O–H groups in total. The first-order valence-electron chi connectivity index (χ1n) is 6.89. The summed E-state index contributed by atoms with van der Waals surface area (Å²) >= 11 is 0. The minimum Gasteiger partial charge on any atom is -0.503 e. The number of carbonyl (C=O) groups excluding carboxylic acids is 1. The van der Waals surface area contributed by atoms with E-state index in [2.05, 4.69) is 4.74 Å². The van der Waals surface area contributed by atoms with E-state index in [0.29, 0.717) is 12.7 Å². The maximum atomic E-state index is 12.4. The number of unbranched alkanes of at least 4 members (excludes halogenated alkanes) is 5. The van der Waals surface area contributed by atoms with Gasteiger partial charge in [-0.2, -0.15) is 13.2 Å². The lowest BCUT2D eigenvalue weighted by Crippen LogP contribution is -2.24. The third-order valence-corrected chi connectivity index (χ3v) is 3.87. The fraction of sp³-hybridized carbons (Fsp3) is 0.769. The van der Waals surface area contributed by atoms with E-state index < -0.39 is 32.6 Å². The molecule has 0 aliphatic heterocycles. The summed E-state index contributed by atoms with van der Waals surface area (Å²) < 4.78 is 64.1. The number of carbonyl (C=O) groups is 1. The molecule has 0 heterocycles. The van der Waals surface area contributed by atoms with E-state index in [9.17, 15) is 26.4 Å². The number of hydrogen-bond acceptors (Lipinski definition) is 5. The van der Waals surface area contributed by atoms with Gasteiger partial charge in [-0.25, -0.2) is 13.2 Å². The second-order valence-electron chi connectivity index (χ2n) is 4.85. The molecule has 0 bridgehead atoms. The molecule has 0 saturated carbocycles. The van der Waals surface area contributed by atoms with Crippen LogP contribution >= 0.6 is 0 Å². The number of sulfone groups is 1. The van der Waals surface area contributed by atoms with E-state index in [1.165, 1.54) is 0 Å². The molecule has 0 aliphatic rings. The van der Waals surface area contributed by atoms with Gasteiger partial charge in [0, 0.05) is 6.26 Å². The van der Waals surface area contributed by atoms with Crippen LogP contribution in [0.5, 0.6) is 0 Å². The molecule has 0 rings (SSSR count). The molecule has 22 heavy (non-hydrogen) atoms. The SMILES string of the molecule is CCCCCCCCOC(=O)/C(=C(\O)C(F)(F)F)S(C)(=O)=O. The summed E-state index contributed by atoms with van der Waals surface area (Å²) in [5.74, 6) is -4.14. The highest BCUT2D eigenvalue weighted by molar-refractivity contribution is 7.95. The number of hydrogen-bond donors (Lipinski definition) is 1. The number of aliphatic hydroxyl groups is 1. The third kappa shape index (κ3) is 7.67. The second kappa shape index (κ2) is 9.02. The van der Waals surface area contributed by atoms with Gasteiger partial charge in [0.25, 0.3) is 0 Å². The number of halogens is 3. The number of ether oxygens (including phenoxy) is 1. The van der Waals surface area contributed by atoms with Crippen LogP contribution < -0.4 is 0 Å². The van der Waals surface area contributed by atoms with Crippen LogP contribution in [-0.4, -0.2) is 38.5 Å². The van der Waals surface area contributed by atoms with Gasteiger partial charge in [-0.3, -0.25) is 0 Å². The van der Waals surface area contributed by atoms with Gasteiger partial charge in [-0.1, -0.05) is 39.0 Å². The third-order valence-electron chi connectivity index (χ3n) is 2.77. The molecule has 130 valence electrons. The van der Waals surface area contributed by atoms with Crippen LogP contribution in [0, 0.1) is 0 Å². The molecular formula is C13H21F3O5S. The van der Waals surface area contributed by atoms with Crippen molar-refractivity contribution in [1.29, 1.82) is 0 Å². The zero-order valence-corrected chi connectivity index (χ0v) is 13.4. The Morgan fingerprint density at radius 3 is 2.05 bits per heavy atom. The highest BCUT2D eigenvalue weighted by atomic mass is 32.2. The van der Waals surface area contributed by atoms with Crippen molar-refractivity contribution in [3.05, 3.63) is 10.7 Å². The van der Waals surface area contributed by atoms with Crippen LogP contribution in [0.15, 0.2) is 10.7 Å². The maximum Gasteiger partial charge on any atom is 0.450 e. The number of aliphatic hydroxyl groups excluding tert-OH is 1. The molecule has 0 saturated heterocycles. The van der Waals surface area contributed by atoms with Gasteiger partial charge in [0.1, 0.15) is 0 Å². The van der Waals surface area contributed by atoms with Crippen molar-refractivity contribution in [3.63, 3.8) is 0 Å². The summed E-state index contributed by atoms with van der Waals surface area (Å²) in [7, 11) is -4.57. The number of alkyl halides is 3. The van der Waals surface area contributed by atoms with Crippen molar-refractivity contribution in [3.8, 4) is 0 Å². The first-order chi connectivity index (χ1) is 10.0. The smallest absolute Gasteiger partial charge is 0.450 e. The summed E-state index contributed by atoms with van der Waals surface area (Å²) in [5, 5.41) is 8.93. The Labute approximate surface area is 128 Å². The molecule has 0 atom stereocenters. The molecule has 0 amide bonds. The molecule has 0 spiro atoms. The number of rotatable bonds is 9. The largest absolute Gasteiger partial charge is 0.503 e. The zero-order valence-electron chi connectivity index (χ0n) is 12.6. The molecule has 9 heteroatoms. The van der Waals surface area contributed by atoms with E-state index in [1.807, 2.05) is 6.92 Å². The van der Waals surface area contributed by atoms with E-state index in [1.54, 1.807) is 0 Å². The molecular weight excluding hydrogens is 325 g/mol. The van der Waals surface area contributed by atoms with Gasteiger partial charge < -0.3 is 9.84 Å². The van der Waals surface area contributed by atoms with Crippen molar-refractivity contribution < 1.29 is 36.2 Å². The van der Waals surface area contributed by atoms with Crippen LogP contribution in [0.2, 0.25) is 0 Å². The van der Waals surface area contributed by atoms with Gasteiger partial charge in [0.05, 0.1) is 6.61 Å². The Balaban J connectivity index is 4.65. The van der Waals surface area contributed by atoms with Gasteiger partial charge in [-0.05, 0) is 6.42 Å². The highest BCUT2D eigenvalue weighted by Crippen LogP contribution is 2.28. The van der Waals surface area contributed by atoms with E-state index in [0.717, 1.165) is 32.1 Å². The lowest BCUT2D eigenvalue weighted by Gasteiger charge is -2.11. The summed E-state index contributed by atoms with van der Waals surface area (Å²) in [5.41, 5.74) is 0. The quantitative estimate of drug-likeness (QED) is 0.300. The van der Waals surface area contributed by atoms with E-state index in [-0.39, 0.29) is 6.61 Å². The van der Waals surface area contributed by atoms with E-state index >= 15 is 0 Å². The minimum absolute atomic E-state index is 0.199. The average Bonchev–Trinajstić information content (AvgIpc) is 2.35. The number of allylic oxidation sites excluding steroid dienone is 1. The molecule has 0 aliphatic carbocycles. The predicted octanol–water partition coefficient (Wildman–Crippen LogP) is 3.27. The van der Waals surface area contributed by atoms with Gasteiger partial charge in [0.15, 0.2) is 14.7 Å². The molecule has 0 aromatic carbocycles. The fourth-order valence-electron chi connectivity index (χ4n) is 1.67. The van der Waals surface area contributed by atoms with Crippen molar-refractivity contribution in [1.82, 2.24) is 0 Å². The van der Waals surface area contributed by atoms with Crippen molar-refractivity contribution in [2.24, 2.45) is 0 Å². The molecule has 5 nitrogen and oxygen atoms in total. The van der Waals surface area contributed by atoms with Crippen molar-refractivity contribution in [2.45, 2.75) is 51.6 Å². The summed E-state index contributed by atoms with van der Waals surface area (Å²) in [6.45, 7) is 1.85. The Hall–Kier alpha value is -1.25. The summed E-state index contributed by atoms with van der Waals surface area (Å²) in [4.78, 5) is 9.74. The standard InChI is InChI=1S/C13H21F3O5S/c1-3-4-5-6-7-8-9-21-12(18)10(22(2,19)20)11(17)13(14,15)16/h17H,3-9H2,1-2H3/b11-10+. The average molecular weight is 346 g/mol. The molecule has 0 aromatic heterocycles. The monoisotopic (exact) mass is 346 g/mol. The van der Waals surface area contributed by atoms with Gasteiger partial charge in [-0.15, -0.1) is 0 Å². The Morgan fingerprint density at radius 1 is 1.09 bits per heavy atom.